The van der Waals surface area contributed by atoms with Crippen molar-refractivity contribution in [2.45, 2.75) is 13.0 Å². The average molecular weight is 292 g/mol. The minimum Gasteiger partial charge on any atom is -0.486 e. The van der Waals surface area contributed by atoms with Gasteiger partial charge in [-0.1, -0.05) is 24.3 Å². The summed E-state index contributed by atoms with van der Waals surface area (Å²) in [5.41, 5.74) is 1.48. The largest absolute Gasteiger partial charge is 0.486 e. The molecule has 0 saturated heterocycles. The highest BCUT2D eigenvalue weighted by molar-refractivity contribution is 5.72. The molecule has 0 unspecified atom stereocenters. The van der Waals surface area contributed by atoms with Crippen molar-refractivity contribution in [3.63, 3.8) is 0 Å². The lowest BCUT2D eigenvalue weighted by Gasteiger charge is -2.11. The molecule has 110 valence electrons. The molecule has 0 spiro atoms. The predicted molar refractivity (Wildman–Crippen MR) is 72.9 cm³/mol. The minimum absolute atomic E-state index is 0.0377. The Bertz CT molecular complexity index is 641. The molecule has 0 N–H and O–H groups in total. The van der Waals surface area contributed by atoms with Gasteiger partial charge in [0.15, 0.2) is 11.6 Å². The smallest absolute Gasteiger partial charge is 0.309 e. The van der Waals surface area contributed by atoms with Crippen LogP contribution in [0, 0.1) is 11.6 Å². The van der Waals surface area contributed by atoms with E-state index in [0.717, 1.165) is 23.3 Å². The monoisotopic (exact) mass is 292 g/mol. The molecule has 0 bridgehead atoms. The predicted octanol–water partition coefficient (Wildman–Crippen LogP) is 3.26. The molecule has 0 aliphatic rings. The first-order chi connectivity index (χ1) is 10.1. The van der Waals surface area contributed by atoms with Gasteiger partial charge >= 0.3 is 5.97 Å². The van der Waals surface area contributed by atoms with Crippen molar-refractivity contribution in [3.8, 4) is 5.75 Å². The Hall–Kier alpha value is -2.43. The van der Waals surface area contributed by atoms with Crippen molar-refractivity contribution >= 4 is 5.97 Å². The standard InChI is InChI=1S/C16H14F2O3/c1-20-16(19)8-11-4-2-3-5-12(11)10-21-15-7-6-13(17)9-14(15)18/h2-7,9H,8,10H2,1H3. The summed E-state index contributed by atoms with van der Waals surface area (Å²) >= 11 is 0. The summed E-state index contributed by atoms with van der Waals surface area (Å²) in [5.74, 6) is -1.83. The third-order valence-corrected chi connectivity index (χ3v) is 2.96. The lowest BCUT2D eigenvalue weighted by molar-refractivity contribution is -0.139. The second-order valence-electron chi connectivity index (χ2n) is 4.39. The van der Waals surface area contributed by atoms with Gasteiger partial charge in [-0.25, -0.2) is 8.78 Å². The van der Waals surface area contributed by atoms with Crippen LogP contribution in [0.15, 0.2) is 42.5 Å². The number of methoxy groups -OCH3 is 1. The topological polar surface area (TPSA) is 35.5 Å². The summed E-state index contributed by atoms with van der Waals surface area (Å²) < 4.78 is 36.3. The quantitative estimate of drug-likeness (QED) is 0.794. The summed E-state index contributed by atoms with van der Waals surface area (Å²) in [4.78, 5) is 11.3. The van der Waals surface area contributed by atoms with Gasteiger partial charge in [0.2, 0.25) is 0 Å². The number of ether oxygens (including phenoxy) is 2. The van der Waals surface area contributed by atoms with Crippen molar-refractivity contribution in [2.24, 2.45) is 0 Å². The maximum absolute atomic E-state index is 13.5. The molecule has 21 heavy (non-hydrogen) atoms. The van der Waals surface area contributed by atoms with E-state index in [9.17, 15) is 13.6 Å². The van der Waals surface area contributed by atoms with Gasteiger partial charge in [-0.2, -0.15) is 0 Å². The second kappa shape index (κ2) is 6.83. The highest BCUT2D eigenvalue weighted by Gasteiger charge is 2.10. The van der Waals surface area contributed by atoms with Crippen molar-refractivity contribution in [2.75, 3.05) is 7.11 Å². The van der Waals surface area contributed by atoms with Gasteiger partial charge in [0, 0.05) is 6.07 Å². The van der Waals surface area contributed by atoms with Crippen LogP contribution in [-0.4, -0.2) is 13.1 Å². The summed E-state index contributed by atoms with van der Waals surface area (Å²) in [7, 11) is 1.31. The molecule has 0 aliphatic heterocycles. The van der Waals surface area contributed by atoms with E-state index in [0.29, 0.717) is 0 Å². The number of carbonyl (C=O) groups is 1. The lowest BCUT2D eigenvalue weighted by atomic mass is 10.1. The zero-order valence-corrected chi connectivity index (χ0v) is 11.4. The molecule has 2 aromatic rings. The second-order valence-corrected chi connectivity index (χ2v) is 4.39. The van der Waals surface area contributed by atoms with Gasteiger partial charge in [0.1, 0.15) is 12.4 Å². The van der Waals surface area contributed by atoms with Gasteiger partial charge in [-0.05, 0) is 23.3 Å². The van der Waals surface area contributed by atoms with Crippen LogP contribution in [0.25, 0.3) is 0 Å². The molecule has 0 atom stereocenters. The fourth-order valence-electron chi connectivity index (χ4n) is 1.85. The molecular formula is C16H14F2O3. The Morgan fingerprint density at radius 3 is 2.48 bits per heavy atom. The first kappa shape index (κ1) is 15.0. The van der Waals surface area contributed by atoms with Gasteiger partial charge < -0.3 is 9.47 Å². The molecule has 0 fully saturated rings. The SMILES string of the molecule is COC(=O)Cc1ccccc1COc1ccc(F)cc1F. The number of hydrogen-bond acceptors (Lipinski definition) is 3. The normalized spacial score (nSPS) is 10.2. The Balaban J connectivity index is 2.11. The van der Waals surface area contributed by atoms with Crippen LogP contribution in [0.2, 0.25) is 0 Å². The summed E-state index contributed by atoms with van der Waals surface area (Å²) in [5, 5.41) is 0. The molecule has 3 nitrogen and oxygen atoms in total. The van der Waals surface area contributed by atoms with Crippen molar-refractivity contribution < 1.29 is 23.0 Å². The third kappa shape index (κ3) is 4.02. The van der Waals surface area contributed by atoms with Crippen molar-refractivity contribution in [1.82, 2.24) is 0 Å². The van der Waals surface area contributed by atoms with Crippen LogP contribution < -0.4 is 4.74 Å². The maximum Gasteiger partial charge on any atom is 0.309 e. The molecular weight excluding hydrogens is 278 g/mol. The number of carbonyl (C=O) groups excluding carboxylic acids is 1. The van der Waals surface area contributed by atoms with Gasteiger partial charge in [-0.3, -0.25) is 4.79 Å². The van der Waals surface area contributed by atoms with Crippen molar-refractivity contribution in [1.29, 1.82) is 0 Å². The molecule has 0 radical (unpaired) electrons. The highest BCUT2D eigenvalue weighted by Crippen LogP contribution is 2.20. The van der Waals surface area contributed by atoms with Crippen molar-refractivity contribution in [3.05, 3.63) is 65.2 Å². The van der Waals surface area contributed by atoms with E-state index < -0.39 is 11.6 Å². The molecule has 2 rings (SSSR count). The van der Waals surface area contributed by atoms with Crippen LogP contribution in [0.4, 0.5) is 8.78 Å². The summed E-state index contributed by atoms with van der Waals surface area (Å²) in [6.07, 6.45) is 0.113. The van der Waals surface area contributed by atoms with Gasteiger partial charge in [0.05, 0.1) is 13.5 Å². The van der Waals surface area contributed by atoms with E-state index in [1.165, 1.54) is 13.2 Å². The Kier molecular flexibility index (Phi) is 4.87. The van der Waals surface area contributed by atoms with Crippen LogP contribution in [0.3, 0.4) is 0 Å². The fraction of sp³-hybridized carbons (Fsp3) is 0.188. The number of esters is 1. The molecule has 0 saturated carbocycles. The van der Waals surface area contributed by atoms with E-state index in [1.54, 1.807) is 24.3 Å². The molecule has 5 heteroatoms. The summed E-state index contributed by atoms with van der Waals surface area (Å²) in [6.45, 7) is 0.0791. The number of halogens is 2. The maximum atomic E-state index is 13.5. The molecule has 2 aromatic carbocycles. The van der Waals surface area contributed by atoms with Crippen LogP contribution in [0.1, 0.15) is 11.1 Å². The Morgan fingerprint density at radius 2 is 1.81 bits per heavy atom. The van der Waals surface area contributed by atoms with E-state index in [4.69, 9.17) is 4.74 Å². The lowest BCUT2D eigenvalue weighted by Crippen LogP contribution is -2.08. The molecule has 0 aliphatic carbocycles. The van der Waals surface area contributed by atoms with E-state index >= 15 is 0 Å². The van der Waals surface area contributed by atoms with Crippen LogP contribution in [-0.2, 0) is 22.6 Å². The van der Waals surface area contributed by atoms with Gasteiger partial charge in [-0.15, -0.1) is 0 Å². The third-order valence-electron chi connectivity index (χ3n) is 2.96. The first-order valence-electron chi connectivity index (χ1n) is 6.31. The van der Waals surface area contributed by atoms with Crippen LogP contribution in [0.5, 0.6) is 5.75 Å². The number of rotatable bonds is 5. The Morgan fingerprint density at radius 1 is 1.10 bits per heavy atom. The first-order valence-corrected chi connectivity index (χ1v) is 6.31. The molecule has 0 heterocycles. The minimum atomic E-state index is -0.763. The van der Waals surface area contributed by atoms with E-state index in [1.807, 2.05) is 0 Å². The molecule has 0 aromatic heterocycles. The zero-order chi connectivity index (χ0) is 15.2. The van der Waals surface area contributed by atoms with Crippen LogP contribution >= 0.6 is 0 Å². The summed E-state index contributed by atoms with van der Waals surface area (Å²) in [6, 6.07) is 10.2. The highest BCUT2D eigenvalue weighted by atomic mass is 19.1. The zero-order valence-electron chi connectivity index (χ0n) is 11.4. The number of hydrogen-bond donors (Lipinski definition) is 0. The van der Waals surface area contributed by atoms with E-state index in [2.05, 4.69) is 4.74 Å². The molecule has 0 amide bonds. The Labute approximate surface area is 121 Å². The van der Waals surface area contributed by atoms with Gasteiger partial charge in [0.25, 0.3) is 0 Å². The van der Waals surface area contributed by atoms with E-state index in [-0.39, 0.29) is 24.7 Å². The average Bonchev–Trinajstić information content (AvgIpc) is 2.47. The number of benzene rings is 2. The fourth-order valence-corrected chi connectivity index (χ4v) is 1.85.